The van der Waals surface area contributed by atoms with Gasteiger partial charge in [0, 0.05) is 44.1 Å². The molecule has 9 heteroatoms. The zero-order valence-corrected chi connectivity index (χ0v) is 17.6. The third-order valence-corrected chi connectivity index (χ3v) is 6.10. The Morgan fingerprint density at radius 1 is 1.20 bits per heavy atom. The maximum atomic E-state index is 13.9. The maximum Gasteiger partial charge on any atom is 0.258 e. The summed E-state index contributed by atoms with van der Waals surface area (Å²) in [7, 11) is -1.000. The summed E-state index contributed by atoms with van der Waals surface area (Å²) in [6.45, 7) is 0.377. The molecule has 1 N–H and O–H groups in total. The van der Waals surface area contributed by atoms with E-state index in [1.54, 1.807) is 49.6 Å². The van der Waals surface area contributed by atoms with Gasteiger partial charge in [0.2, 0.25) is 16.8 Å². The lowest BCUT2D eigenvalue weighted by Gasteiger charge is -2.36. The lowest BCUT2D eigenvalue weighted by molar-refractivity contribution is -0.0776. The molecule has 0 bridgehead atoms. The van der Waals surface area contributed by atoms with Gasteiger partial charge in [0.05, 0.1) is 6.61 Å². The number of alkyl halides is 2. The summed E-state index contributed by atoms with van der Waals surface area (Å²) in [4.78, 5) is 12.2. The van der Waals surface area contributed by atoms with E-state index in [2.05, 4.69) is 4.72 Å². The Kier molecular flexibility index (Phi) is 7.25. The van der Waals surface area contributed by atoms with E-state index in [0.29, 0.717) is 24.2 Å². The Morgan fingerprint density at radius 3 is 2.63 bits per heavy atom. The van der Waals surface area contributed by atoms with Crippen molar-refractivity contribution < 1.29 is 21.9 Å². The smallest absolute Gasteiger partial charge is 0.258 e. The minimum atomic E-state index is -2.72. The number of nitrogens with zero attached hydrogens (tertiary/aromatic N) is 1. The van der Waals surface area contributed by atoms with Crippen LogP contribution in [0.25, 0.3) is 11.1 Å². The molecule has 2 aromatic rings. The number of pyridine rings is 1. The van der Waals surface area contributed by atoms with Crippen LogP contribution in [0.1, 0.15) is 25.7 Å². The number of hydrogen-bond acceptors (Lipinski definition) is 4. The van der Waals surface area contributed by atoms with E-state index in [0.717, 1.165) is 5.56 Å². The van der Waals surface area contributed by atoms with Gasteiger partial charge in [-0.25, -0.2) is 21.9 Å². The number of aromatic nitrogens is 1. The van der Waals surface area contributed by atoms with E-state index in [1.807, 2.05) is 0 Å². The van der Waals surface area contributed by atoms with Crippen LogP contribution in [0.2, 0.25) is 0 Å². The molecule has 1 aliphatic carbocycles. The third-order valence-electron chi connectivity index (χ3n) is 5.62. The summed E-state index contributed by atoms with van der Waals surface area (Å²) in [5, 5.41) is 0. The van der Waals surface area contributed by atoms with Gasteiger partial charge in [-0.05, 0) is 48.6 Å². The van der Waals surface area contributed by atoms with Crippen LogP contribution >= 0.6 is 0 Å². The molecule has 0 spiro atoms. The van der Waals surface area contributed by atoms with Crippen LogP contribution in [0.4, 0.5) is 8.78 Å². The summed E-state index contributed by atoms with van der Waals surface area (Å²) >= 11 is 0. The molecular weight excluding hydrogens is 414 g/mol. The van der Waals surface area contributed by atoms with Gasteiger partial charge in [-0.3, -0.25) is 4.79 Å². The van der Waals surface area contributed by atoms with Crippen LogP contribution in [0, 0.1) is 11.8 Å². The first kappa shape index (κ1) is 22.4. The first-order valence-electron chi connectivity index (χ1n) is 9.90. The zero-order valence-electron chi connectivity index (χ0n) is 16.7. The van der Waals surface area contributed by atoms with Crippen LogP contribution in [-0.2, 0) is 17.9 Å². The highest BCUT2D eigenvalue weighted by Crippen LogP contribution is 2.41. The highest BCUT2D eigenvalue weighted by atomic mass is 32.2. The Labute approximate surface area is 176 Å². The lowest BCUT2D eigenvalue weighted by Crippen LogP contribution is -2.36. The van der Waals surface area contributed by atoms with Gasteiger partial charge >= 0.3 is 0 Å². The van der Waals surface area contributed by atoms with Crippen LogP contribution in [0.5, 0.6) is 5.75 Å². The summed E-state index contributed by atoms with van der Waals surface area (Å²) in [5.41, 5.74) is 1.22. The second kappa shape index (κ2) is 9.70. The van der Waals surface area contributed by atoms with Gasteiger partial charge in [0.25, 0.3) is 5.56 Å². The fourth-order valence-corrected chi connectivity index (χ4v) is 4.26. The van der Waals surface area contributed by atoms with Crippen LogP contribution < -0.4 is 15.0 Å². The number of rotatable bonds is 8. The number of nitrogens with one attached hydrogen (secondary N) is 1. The molecule has 164 valence electrons. The van der Waals surface area contributed by atoms with Crippen molar-refractivity contribution in [3.63, 3.8) is 0 Å². The molecule has 0 saturated heterocycles. The molecule has 30 heavy (non-hydrogen) atoms. The molecule has 0 unspecified atom stereocenters. The zero-order chi connectivity index (χ0) is 21.7. The summed E-state index contributed by atoms with van der Waals surface area (Å²) < 4.78 is 58.8. The molecule has 1 aromatic carbocycles. The van der Waals surface area contributed by atoms with Crippen molar-refractivity contribution >= 4 is 10.9 Å². The second-order valence-corrected chi connectivity index (χ2v) is 8.58. The number of hydrogen-bond donors (Lipinski definition) is 2. The average Bonchev–Trinajstić information content (AvgIpc) is 2.70. The first-order chi connectivity index (χ1) is 14.2. The Bertz CT molecular complexity index is 981. The molecule has 1 saturated carbocycles. The number of ether oxygens (including phenoxy) is 1. The van der Waals surface area contributed by atoms with Gasteiger partial charge in [-0.2, -0.15) is 0 Å². The minimum Gasteiger partial charge on any atom is -0.493 e. The Morgan fingerprint density at radius 2 is 1.93 bits per heavy atom. The van der Waals surface area contributed by atoms with Gasteiger partial charge in [0.1, 0.15) is 5.75 Å². The summed E-state index contributed by atoms with van der Waals surface area (Å²) in [5.74, 6) is -2.57. The summed E-state index contributed by atoms with van der Waals surface area (Å²) in [6, 6.07) is 10.5. The highest BCUT2D eigenvalue weighted by Gasteiger charge is 2.41. The number of benzene rings is 1. The van der Waals surface area contributed by atoms with Gasteiger partial charge < -0.3 is 9.30 Å². The topological polar surface area (TPSA) is 77.4 Å². The molecule has 6 nitrogen and oxygen atoms in total. The molecule has 0 aliphatic heterocycles. The molecule has 0 radical (unpaired) electrons. The van der Waals surface area contributed by atoms with Crippen LogP contribution in [0.15, 0.2) is 47.4 Å². The standard InChI is InChI=1S/C21H26F2N2O4S/c1-25-12-2-3-19(20(25)26)16-4-6-18(7-5-16)29-14-17-13-21(22,23)10-8-15(17)9-11-24-30(27)28/h2-7,12,15,17,30H,8-11,13-14H2,1H3,(H,24,27,28)/t15-,17-/m0/s1. The van der Waals surface area contributed by atoms with Gasteiger partial charge in [-0.1, -0.05) is 12.1 Å². The van der Waals surface area contributed by atoms with E-state index in [4.69, 9.17) is 4.74 Å². The second-order valence-electron chi connectivity index (χ2n) is 7.75. The molecule has 1 heterocycles. The van der Waals surface area contributed by atoms with Crippen molar-refractivity contribution in [3.05, 3.63) is 52.9 Å². The van der Waals surface area contributed by atoms with Crippen molar-refractivity contribution in [1.29, 1.82) is 0 Å². The van der Waals surface area contributed by atoms with E-state index >= 15 is 0 Å². The fourth-order valence-electron chi connectivity index (χ4n) is 3.95. The SMILES string of the molecule is Cn1cccc(-c2ccc(OC[C@@H]3CC(F)(F)CC[C@H]3CCN[SH](=O)=O)cc2)c1=O. The molecule has 0 amide bonds. The molecule has 1 aliphatic rings. The molecular formula is C21H26F2N2O4S. The predicted molar refractivity (Wildman–Crippen MR) is 111 cm³/mol. The fraction of sp³-hybridized carbons (Fsp3) is 0.476. The Balaban J connectivity index is 1.64. The van der Waals surface area contributed by atoms with Crippen LogP contribution in [-0.4, -0.2) is 32.1 Å². The third kappa shape index (κ3) is 5.89. The largest absolute Gasteiger partial charge is 0.493 e. The predicted octanol–water partition coefficient (Wildman–Crippen LogP) is 2.99. The van der Waals surface area contributed by atoms with Crippen molar-refractivity contribution in [2.75, 3.05) is 13.2 Å². The quantitative estimate of drug-likeness (QED) is 0.619. The molecule has 3 rings (SSSR count). The van der Waals surface area contributed by atoms with Gasteiger partial charge in [-0.15, -0.1) is 0 Å². The van der Waals surface area contributed by atoms with E-state index < -0.39 is 16.8 Å². The first-order valence-corrected chi connectivity index (χ1v) is 11.1. The van der Waals surface area contributed by atoms with E-state index in [9.17, 15) is 22.0 Å². The molecule has 2 atom stereocenters. The monoisotopic (exact) mass is 440 g/mol. The summed E-state index contributed by atoms with van der Waals surface area (Å²) in [6.07, 6.45) is 2.08. The van der Waals surface area contributed by atoms with Crippen molar-refractivity contribution in [2.45, 2.75) is 31.6 Å². The number of thiol groups is 1. The normalized spacial score (nSPS) is 20.9. The van der Waals surface area contributed by atoms with E-state index in [-0.39, 0.29) is 43.4 Å². The van der Waals surface area contributed by atoms with Crippen molar-refractivity contribution in [1.82, 2.24) is 9.29 Å². The van der Waals surface area contributed by atoms with E-state index in [1.165, 1.54) is 4.57 Å². The number of aryl methyl sites for hydroxylation is 1. The highest BCUT2D eigenvalue weighted by molar-refractivity contribution is 7.70. The molecule has 1 aromatic heterocycles. The average molecular weight is 441 g/mol. The lowest BCUT2D eigenvalue weighted by atomic mass is 9.76. The number of halogens is 2. The van der Waals surface area contributed by atoms with Crippen molar-refractivity contribution in [2.24, 2.45) is 18.9 Å². The van der Waals surface area contributed by atoms with Crippen molar-refractivity contribution in [3.8, 4) is 16.9 Å². The maximum absolute atomic E-state index is 13.9. The molecule has 1 fully saturated rings. The van der Waals surface area contributed by atoms with Crippen LogP contribution in [0.3, 0.4) is 0 Å². The Hall–Kier alpha value is -2.26. The van der Waals surface area contributed by atoms with Gasteiger partial charge in [0.15, 0.2) is 0 Å². The minimum absolute atomic E-state index is 0.0290.